The third kappa shape index (κ3) is 6.50. The summed E-state index contributed by atoms with van der Waals surface area (Å²) in [5, 5.41) is 18.3. The second-order valence-electron chi connectivity index (χ2n) is 5.78. The number of carboxylic acid groups (broad SMARTS) is 1. The van der Waals surface area contributed by atoms with Crippen LogP contribution in [0.2, 0.25) is 0 Å². The molecule has 1 unspecified atom stereocenters. The summed E-state index contributed by atoms with van der Waals surface area (Å²) < 4.78 is 44.1. The molecule has 1 atom stereocenters. The van der Waals surface area contributed by atoms with Crippen molar-refractivity contribution in [3.63, 3.8) is 0 Å². The summed E-state index contributed by atoms with van der Waals surface area (Å²) in [5.74, 6) is -2.92. The Bertz CT molecular complexity index is 828. The maximum Gasteiger partial charge on any atom is 0.490 e. The van der Waals surface area contributed by atoms with Gasteiger partial charge in [-0.3, -0.25) is 9.78 Å². The van der Waals surface area contributed by atoms with E-state index in [2.05, 4.69) is 20.6 Å². The summed E-state index contributed by atoms with van der Waals surface area (Å²) in [6.45, 7) is 1.44. The fourth-order valence-electron chi connectivity index (χ4n) is 2.33. The summed E-state index contributed by atoms with van der Waals surface area (Å²) in [4.78, 5) is 24.3. The number of halogens is 3. The number of hydrogen-bond acceptors (Lipinski definition) is 7. The van der Waals surface area contributed by atoms with Crippen LogP contribution in [0, 0.1) is 0 Å². The lowest BCUT2D eigenvalue weighted by atomic mass is 10.1. The Hall–Kier alpha value is -3.06. The van der Waals surface area contributed by atoms with E-state index in [1.54, 1.807) is 12.4 Å². The van der Waals surface area contributed by atoms with Crippen molar-refractivity contribution < 1.29 is 37.3 Å². The molecule has 1 amide bonds. The largest absolute Gasteiger partial charge is 0.490 e. The molecule has 2 aromatic rings. The molecule has 1 aliphatic rings. The van der Waals surface area contributed by atoms with Gasteiger partial charge in [0.15, 0.2) is 0 Å². The molecule has 13 heteroatoms. The zero-order chi connectivity index (χ0) is 21.4. The van der Waals surface area contributed by atoms with Gasteiger partial charge in [0, 0.05) is 31.6 Å². The lowest BCUT2D eigenvalue weighted by Gasteiger charge is -2.24. The van der Waals surface area contributed by atoms with Crippen molar-refractivity contribution in [2.45, 2.75) is 25.4 Å². The number of alkyl halides is 3. The van der Waals surface area contributed by atoms with Gasteiger partial charge in [-0.2, -0.15) is 13.2 Å². The predicted molar refractivity (Wildman–Crippen MR) is 90.4 cm³/mol. The van der Waals surface area contributed by atoms with E-state index in [9.17, 15) is 18.0 Å². The second-order valence-corrected chi connectivity index (χ2v) is 5.78. The predicted octanol–water partition coefficient (Wildman–Crippen LogP) is 0.635. The highest BCUT2D eigenvalue weighted by molar-refractivity contribution is 5.77. The van der Waals surface area contributed by atoms with Crippen LogP contribution >= 0.6 is 0 Å². The SMILES string of the molecule is COCC(=O)NCC1Cn2nnc(-c3ccncc3)c2CO1.O=C(O)C(F)(F)F. The molecule has 0 spiro atoms. The van der Waals surface area contributed by atoms with E-state index >= 15 is 0 Å². The molecular formula is C16H18F3N5O5. The number of carboxylic acids is 1. The molecule has 29 heavy (non-hydrogen) atoms. The third-order valence-electron chi connectivity index (χ3n) is 3.67. The molecule has 0 radical (unpaired) electrons. The number of ether oxygens (including phenoxy) is 2. The van der Waals surface area contributed by atoms with Gasteiger partial charge in [0.05, 0.1) is 24.9 Å². The van der Waals surface area contributed by atoms with E-state index in [1.165, 1.54) is 7.11 Å². The standard InChI is InChI=1S/C14H17N5O3.C2HF3O2/c1-21-9-13(20)16-6-11-7-19-12(8-22-11)14(17-18-19)10-2-4-15-5-3-10;3-2(4,5)1(6)7/h2-5,11H,6-9H2,1H3,(H,16,20);(H,6,7). The summed E-state index contributed by atoms with van der Waals surface area (Å²) in [6.07, 6.45) is -1.77. The number of nitrogens with one attached hydrogen (secondary N) is 1. The van der Waals surface area contributed by atoms with Crippen molar-refractivity contribution in [1.82, 2.24) is 25.3 Å². The first-order chi connectivity index (χ1) is 13.7. The molecule has 3 rings (SSSR count). The zero-order valence-corrected chi connectivity index (χ0v) is 15.2. The Kier molecular flexibility index (Phi) is 7.61. The van der Waals surface area contributed by atoms with Gasteiger partial charge >= 0.3 is 12.1 Å². The first-order valence-electron chi connectivity index (χ1n) is 8.22. The van der Waals surface area contributed by atoms with Crippen LogP contribution in [0.4, 0.5) is 13.2 Å². The number of methoxy groups -OCH3 is 1. The molecular weight excluding hydrogens is 399 g/mol. The van der Waals surface area contributed by atoms with Crippen molar-refractivity contribution in [3.05, 3.63) is 30.2 Å². The maximum absolute atomic E-state index is 11.4. The van der Waals surface area contributed by atoms with Crippen molar-refractivity contribution in [2.75, 3.05) is 20.3 Å². The van der Waals surface area contributed by atoms with Crippen LogP contribution in [0.15, 0.2) is 24.5 Å². The van der Waals surface area contributed by atoms with Crippen LogP contribution in [0.25, 0.3) is 11.3 Å². The van der Waals surface area contributed by atoms with Gasteiger partial charge in [-0.05, 0) is 12.1 Å². The minimum absolute atomic E-state index is 0.0491. The number of nitrogens with zero attached hydrogens (tertiary/aromatic N) is 4. The molecule has 0 bridgehead atoms. The van der Waals surface area contributed by atoms with Gasteiger partial charge in [-0.1, -0.05) is 5.21 Å². The number of carbonyl (C=O) groups is 2. The van der Waals surface area contributed by atoms with Gasteiger partial charge < -0.3 is 19.9 Å². The number of carbonyl (C=O) groups excluding carboxylic acids is 1. The van der Waals surface area contributed by atoms with Gasteiger partial charge in [0.25, 0.3) is 0 Å². The lowest BCUT2D eigenvalue weighted by Crippen LogP contribution is -2.40. The number of rotatable bonds is 5. The maximum atomic E-state index is 11.4. The number of fused-ring (bicyclic) bond motifs is 1. The van der Waals surface area contributed by atoms with E-state index in [0.29, 0.717) is 19.7 Å². The molecule has 0 fully saturated rings. The van der Waals surface area contributed by atoms with Crippen LogP contribution in [0.3, 0.4) is 0 Å². The number of amides is 1. The zero-order valence-electron chi connectivity index (χ0n) is 15.2. The fraction of sp³-hybridized carbons (Fsp3) is 0.438. The highest BCUT2D eigenvalue weighted by Gasteiger charge is 2.38. The number of hydrogen-bond donors (Lipinski definition) is 2. The van der Waals surface area contributed by atoms with Crippen molar-refractivity contribution in [3.8, 4) is 11.3 Å². The second kappa shape index (κ2) is 9.93. The molecule has 0 saturated carbocycles. The Balaban J connectivity index is 0.000000370. The number of pyridine rings is 1. The Morgan fingerprint density at radius 3 is 2.62 bits per heavy atom. The Labute approximate surface area is 162 Å². The summed E-state index contributed by atoms with van der Waals surface area (Å²) in [7, 11) is 1.49. The lowest BCUT2D eigenvalue weighted by molar-refractivity contribution is -0.192. The molecule has 158 valence electrons. The normalized spacial score (nSPS) is 15.7. The van der Waals surface area contributed by atoms with Gasteiger partial charge in [0.1, 0.15) is 12.3 Å². The molecule has 2 N–H and O–H groups in total. The van der Waals surface area contributed by atoms with Gasteiger partial charge in [-0.25, -0.2) is 9.48 Å². The summed E-state index contributed by atoms with van der Waals surface area (Å²) >= 11 is 0. The number of aromatic nitrogens is 4. The smallest absolute Gasteiger partial charge is 0.475 e. The molecule has 0 saturated heterocycles. The molecule has 10 nitrogen and oxygen atoms in total. The van der Waals surface area contributed by atoms with Crippen LogP contribution in [0.5, 0.6) is 0 Å². The van der Waals surface area contributed by atoms with Gasteiger partial charge in [-0.15, -0.1) is 5.10 Å². The van der Waals surface area contributed by atoms with Crippen LogP contribution in [0.1, 0.15) is 5.69 Å². The highest BCUT2D eigenvalue weighted by Crippen LogP contribution is 2.24. The topological polar surface area (TPSA) is 128 Å². The summed E-state index contributed by atoms with van der Waals surface area (Å²) in [6, 6.07) is 3.78. The van der Waals surface area contributed by atoms with Gasteiger partial charge in [0.2, 0.25) is 5.91 Å². The average molecular weight is 417 g/mol. The number of aliphatic carboxylic acids is 1. The van der Waals surface area contributed by atoms with Crippen LogP contribution in [-0.2, 0) is 32.2 Å². The fourth-order valence-corrected chi connectivity index (χ4v) is 2.33. The van der Waals surface area contributed by atoms with E-state index in [0.717, 1.165) is 17.0 Å². The monoisotopic (exact) mass is 417 g/mol. The average Bonchev–Trinajstić information content (AvgIpc) is 3.10. The first kappa shape index (κ1) is 22.2. The van der Waals surface area contributed by atoms with Crippen LogP contribution in [-0.4, -0.2) is 69.5 Å². The van der Waals surface area contributed by atoms with E-state index in [1.807, 2.05) is 16.8 Å². The molecule has 0 aliphatic carbocycles. The molecule has 1 aliphatic heterocycles. The quantitative estimate of drug-likeness (QED) is 0.725. The van der Waals surface area contributed by atoms with E-state index in [4.69, 9.17) is 19.4 Å². The van der Waals surface area contributed by atoms with Crippen molar-refractivity contribution in [2.24, 2.45) is 0 Å². The van der Waals surface area contributed by atoms with Crippen molar-refractivity contribution in [1.29, 1.82) is 0 Å². The van der Waals surface area contributed by atoms with E-state index in [-0.39, 0.29) is 18.6 Å². The molecule has 2 aromatic heterocycles. The Morgan fingerprint density at radius 2 is 2.03 bits per heavy atom. The van der Waals surface area contributed by atoms with E-state index < -0.39 is 12.1 Å². The minimum Gasteiger partial charge on any atom is -0.475 e. The summed E-state index contributed by atoms with van der Waals surface area (Å²) in [5.41, 5.74) is 2.71. The van der Waals surface area contributed by atoms with Crippen molar-refractivity contribution >= 4 is 11.9 Å². The Morgan fingerprint density at radius 1 is 1.38 bits per heavy atom. The highest BCUT2D eigenvalue weighted by atomic mass is 19.4. The third-order valence-corrected chi connectivity index (χ3v) is 3.67. The molecule has 0 aromatic carbocycles. The minimum atomic E-state index is -5.08. The molecule has 3 heterocycles. The first-order valence-corrected chi connectivity index (χ1v) is 8.22. The van der Waals surface area contributed by atoms with Crippen LogP contribution < -0.4 is 5.32 Å².